The molecule has 0 radical (unpaired) electrons. The maximum Gasteiger partial charge on any atom is 0.115 e. The first-order valence-corrected chi connectivity index (χ1v) is 8.81. The number of benzene rings is 2. The summed E-state index contributed by atoms with van der Waals surface area (Å²) in [5.74, 6) is 1.95. The minimum atomic E-state index is 0.381. The van der Waals surface area contributed by atoms with Gasteiger partial charge in [0.2, 0.25) is 0 Å². The summed E-state index contributed by atoms with van der Waals surface area (Å²) in [7, 11) is 0. The molecule has 4 rings (SSSR count). The molecule has 2 heteroatoms. The van der Waals surface area contributed by atoms with Gasteiger partial charge in [-0.25, -0.2) is 0 Å². The van der Waals surface area contributed by atoms with Crippen molar-refractivity contribution in [2.75, 3.05) is 6.54 Å². The highest BCUT2D eigenvalue weighted by atomic mass is 16.3. The van der Waals surface area contributed by atoms with E-state index in [0.29, 0.717) is 29.5 Å². The van der Waals surface area contributed by atoms with Crippen LogP contribution in [0.1, 0.15) is 66.8 Å². The van der Waals surface area contributed by atoms with Gasteiger partial charge in [0.25, 0.3) is 0 Å². The number of phenols is 1. The van der Waals surface area contributed by atoms with Crippen molar-refractivity contribution < 1.29 is 5.11 Å². The summed E-state index contributed by atoms with van der Waals surface area (Å²) < 4.78 is 0. The van der Waals surface area contributed by atoms with Crippen molar-refractivity contribution in [1.82, 2.24) is 5.32 Å². The first kappa shape index (κ1) is 14.8. The van der Waals surface area contributed by atoms with E-state index in [9.17, 15) is 5.11 Å². The zero-order chi connectivity index (χ0) is 16.0. The third-order valence-corrected chi connectivity index (χ3v) is 5.64. The molecular weight excluding hydrogens is 282 g/mol. The second-order valence-electron chi connectivity index (χ2n) is 7.35. The number of hydrogen-bond acceptors (Lipinski definition) is 2. The molecule has 2 aromatic rings. The second kappa shape index (κ2) is 5.68. The van der Waals surface area contributed by atoms with E-state index in [2.05, 4.69) is 49.5 Å². The van der Waals surface area contributed by atoms with Gasteiger partial charge in [0.1, 0.15) is 5.75 Å². The van der Waals surface area contributed by atoms with Crippen LogP contribution in [0, 0.1) is 5.92 Å². The van der Waals surface area contributed by atoms with Crippen LogP contribution >= 0.6 is 0 Å². The fourth-order valence-corrected chi connectivity index (χ4v) is 4.47. The fraction of sp³-hybridized carbons (Fsp3) is 0.429. The summed E-state index contributed by atoms with van der Waals surface area (Å²) >= 11 is 0. The van der Waals surface area contributed by atoms with E-state index >= 15 is 0 Å². The van der Waals surface area contributed by atoms with Crippen LogP contribution in [0.5, 0.6) is 5.75 Å². The Hall–Kier alpha value is -1.80. The topological polar surface area (TPSA) is 32.3 Å². The molecule has 0 bridgehead atoms. The van der Waals surface area contributed by atoms with Crippen molar-refractivity contribution in [3.63, 3.8) is 0 Å². The number of nitrogens with one attached hydrogen (secondary N) is 1. The van der Waals surface area contributed by atoms with Gasteiger partial charge in [-0.1, -0.05) is 44.2 Å². The summed E-state index contributed by atoms with van der Waals surface area (Å²) in [4.78, 5) is 0. The van der Waals surface area contributed by atoms with E-state index in [0.717, 1.165) is 6.54 Å². The van der Waals surface area contributed by atoms with Crippen molar-refractivity contribution in [3.05, 3.63) is 64.7 Å². The highest BCUT2D eigenvalue weighted by molar-refractivity contribution is 5.49. The first-order valence-electron chi connectivity index (χ1n) is 8.81. The van der Waals surface area contributed by atoms with E-state index in [-0.39, 0.29) is 0 Å². The lowest BCUT2D eigenvalue weighted by atomic mass is 9.80. The number of hydrogen-bond donors (Lipinski definition) is 2. The van der Waals surface area contributed by atoms with Crippen LogP contribution in [-0.4, -0.2) is 11.7 Å². The lowest BCUT2D eigenvalue weighted by Crippen LogP contribution is -2.32. The average molecular weight is 307 g/mol. The monoisotopic (exact) mass is 307 g/mol. The highest BCUT2D eigenvalue weighted by Crippen LogP contribution is 2.52. The van der Waals surface area contributed by atoms with Crippen molar-refractivity contribution in [2.24, 2.45) is 5.92 Å². The van der Waals surface area contributed by atoms with Crippen LogP contribution in [0.15, 0.2) is 42.5 Å². The summed E-state index contributed by atoms with van der Waals surface area (Å²) in [6.07, 6.45) is 2.49. The second-order valence-corrected chi connectivity index (χ2v) is 7.35. The normalized spacial score (nSPS) is 26.1. The van der Waals surface area contributed by atoms with Gasteiger partial charge in [-0.05, 0) is 65.6 Å². The molecule has 0 unspecified atom stereocenters. The van der Waals surface area contributed by atoms with Crippen molar-refractivity contribution >= 4 is 0 Å². The molecule has 120 valence electrons. The van der Waals surface area contributed by atoms with E-state index < -0.39 is 0 Å². The number of aromatic hydroxyl groups is 1. The maximum absolute atomic E-state index is 9.99. The lowest BCUT2D eigenvalue weighted by molar-refractivity contribution is 0.287. The van der Waals surface area contributed by atoms with Gasteiger partial charge >= 0.3 is 0 Å². The van der Waals surface area contributed by atoms with Crippen LogP contribution in [-0.2, 0) is 0 Å². The first-order chi connectivity index (χ1) is 11.1. The Labute approximate surface area is 138 Å². The summed E-state index contributed by atoms with van der Waals surface area (Å²) in [5.41, 5.74) is 5.47. The predicted octanol–water partition coefficient (Wildman–Crippen LogP) is 4.70. The zero-order valence-corrected chi connectivity index (χ0v) is 13.9. The third kappa shape index (κ3) is 2.46. The molecule has 2 aliphatic rings. The van der Waals surface area contributed by atoms with Gasteiger partial charge < -0.3 is 10.4 Å². The summed E-state index contributed by atoms with van der Waals surface area (Å²) in [6.45, 7) is 5.57. The van der Waals surface area contributed by atoms with Crippen LogP contribution in [0.4, 0.5) is 0 Å². The molecule has 2 nitrogen and oxygen atoms in total. The van der Waals surface area contributed by atoms with Crippen LogP contribution < -0.4 is 5.32 Å². The Bertz CT molecular complexity index is 704. The molecule has 1 aliphatic heterocycles. The average Bonchev–Trinajstić information content (AvgIpc) is 2.88. The van der Waals surface area contributed by atoms with Crippen molar-refractivity contribution in [2.45, 2.75) is 44.6 Å². The molecule has 2 N–H and O–H groups in total. The molecule has 0 saturated carbocycles. The van der Waals surface area contributed by atoms with Gasteiger partial charge in [-0.2, -0.15) is 0 Å². The molecule has 1 fully saturated rings. The minimum absolute atomic E-state index is 0.381. The Kier molecular flexibility index (Phi) is 3.65. The third-order valence-electron chi connectivity index (χ3n) is 5.64. The summed E-state index contributed by atoms with van der Waals surface area (Å²) in [6, 6.07) is 15.5. The molecule has 0 spiro atoms. The molecule has 0 amide bonds. The van der Waals surface area contributed by atoms with Crippen LogP contribution in [0.3, 0.4) is 0 Å². The molecule has 1 saturated heterocycles. The Morgan fingerprint density at radius 2 is 1.83 bits per heavy atom. The molecule has 23 heavy (non-hydrogen) atoms. The minimum Gasteiger partial charge on any atom is -0.508 e. The van der Waals surface area contributed by atoms with Gasteiger partial charge in [-0.15, -0.1) is 0 Å². The van der Waals surface area contributed by atoms with Crippen molar-refractivity contribution in [1.29, 1.82) is 0 Å². The Balaban J connectivity index is 1.78. The number of rotatable bonds is 2. The predicted molar refractivity (Wildman–Crippen MR) is 93.9 cm³/mol. The van der Waals surface area contributed by atoms with Crippen LogP contribution in [0.25, 0.3) is 0 Å². The number of phenolic OH excluding ortho intramolecular Hbond substituents is 1. The number of fused-ring (bicyclic) bond motifs is 3. The molecular formula is C21H25NO. The zero-order valence-electron chi connectivity index (χ0n) is 13.9. The van der Waals surface area contributed by atoms with Gasteiger partial charge in [-0.3, -0.25) is 0 Å². The number of piperidine rings is 1. The molecule has 0 aromatic heterocycles. The fourth-order valence-electron chi connectivity index (χ4n) is 4.47. The van der Waals surface area contributed by atoms with Crippen molar-refractivity contribution in [3.8, 4) is 5.75 Å². The Morgan fingerprint density at radius 3 is 2.57 bits per heavy atom. The molecule has 3 atom stereocenters. The van der Waals surface area contributed by atoms with E-state index in [1.807, 2.05) is 12.1 Å². The van der Waals surface area contributed by atoms with E-state index in [1.165, 1.54) is 35.1 Å². The van der Waals surface area contributed by atoms with E-state index in [4.69, 9.17) is 0 Å². The summed E-state index contributed by atoms with van der Waals surface area (Å²) in [5, 5.41) is 13.7. The molecule has 2 aromatic carbocycles. The largest absolute Gasteiger partial charge is 0.508 e. The van der Waals surface area contributed by atoms with E-state index in [1.54, 1.807) is 0 Å². The maximum atomic E-state index is 9.99. The standard InChI is InChI=1S/C21H25NO/c1-13(2)14-5-7-15(8-6-14)20-18-4-3-11-22-21(18)17-10-9-16(23)12-19(17)20/h5-10,12-13,18,20-23H,3-4,11H2,1-2H3/t18-,20+,21+/m0/s1. The van der Waals surface area contributed by atoms with Gasteiger partial charge in [0.15, 0.2) is 0 Å². The lowest BCUT2D eigenvalue weighted by Gasteiger charge is -2.31. The molecule has 1 aliphatic carbocycles. The van der Waals surface area contributed by atoms with Crippen LogP contribution in [0.2, 0.25) is 0 Å². The quantitative estimate of drug-likeness (QED) is 0.842. The smallest absolute Gasteiger partial charge is 0.115 e. The van der Waals surface area contributed by atoms with Gasteiger partial charge in [0, 0.05) is 12.0 Å². The van der Waals surface area contributed by atoms with Gasteiger partial charge in [0.05, 0.1) is 0 Å². The highest BCUT2D eigenvalue weighted by Gasteiger charge is 2.42. The molecule has 1 heterocycles. The Morgan fingerprint density at radius 1 is 1.04 bits per heavy atom. The SMILES string of the molecule is CC(C)c1ccc([C@H]2c3cc(O)ccc3[C@H]3NCCC[C@@H]23)cc1.